The standard InChI is InChI=1S/C24H25ClN2O6S/c1-13(2)22-26-23(34-16-6-3-14(4-7-16)5-8-20(28)29)21(24(30)31)27(22)11-15-9-18-19(10-17(15)25)33-12-32-18/h3-4,6-7,9-10,13,20,28-29H,5,8,11-12H2,1-2H3,(H,30,31). The molecule has 0 bridgehead atoms. The molecule has 0 amide bonds. The van der Waals surface area contributed by atoms with Gasteiger partial charge < -0.3 is 29.4 Å². The number of halogens is 1. The van der Waals surface area contributed by atoms with Crippen LogP contribution < -0.4 is 9.47 Å². The van der Waals surface area contributed by atoms with E-state index in [1.165, 1.54) is 11.8 Å². The zero-order valence-corrected chi connectivity index (χ0v) is 20.3. The van der Waals surface area contributed by atoms with Gasteiger partial charge in [0.2, 0.25) is 6.79 Å². The first-order valence-electron chi connectivity index (χ1n) is 10.8. The summed E-state index contributed by atoms with van der Waals surface area (Å²) in [5.41, 5.74) is 1.76. The number of rotatable bonds is 9. The van der Waals surface area contributed by atoms with E-state index >= 15 is 0 Å². The topological polar surface area (TPSA) is 114 Å². The zero-order chi connectivity index (χ0) is 24.4. The highest BCUT2D eigenvalue weighted by Crippen LogP contribution is 2.38. The maximum atomic E-state index is 12.3. The van der Waals surface area contributed by atoms with Gasteiger partial charge in [-0.05, 0) is 35.7 Å². The molecule has 2 heterocycles. The summed E-state index contributed by atoms with van der Waals surface area (Å²) in [4.78, 5) is 17.9. The number of aromatic carboxylic acids is 1. The van der Waals surface area contributed by atoms with E-state index in [4.69, 9.17) is 31.3 Å². The lowest BCUT2D eigenvalue weighted by Crippen LogP contribution is -2.14. The maximum Gasteiger partial charge on any atom is 0.355 e. The minimum absolute atomic E-state index is 0.0208. The number of fused-ring (bicyclic) bond motifs is 1. The van der Waals surface area contributed by atoms with Crippen molar-refractivity contribution in [3.8, 4) is 11.5 Å². The summed E-state index contributed by atoms with van der Waals surface area (Å²) in [6.07, 6.45) is -0.560. The number of ether oxygens (including phenoxy) is 2. The Balaban J connectivity index is 1.66. The van der Waals surface area contributed by atoms with Crippen LogP contribution in [-0.2, 0) is 13.0 Å². The molecule has 0 fully saturated rings. The molecule has 3 N–H and O–H groups in total. The Kier molecular flexibility index (Phi) is 7.37. The van der Waals surface area contributed by atoms with Gasteiger partial charge in [0.1, 0.15) is 10.9 Å². The number of hydrogen-bond acceptors (Lipinski definition) is 7. The number of aryl methyl sites for hydroxylation is 1. The van der Waals surface area contributed by atoms with E-state index in [-0.39, 0.29) is 31.4 Å². The molecule has 34 heavy (non-hydrogen) atoms. The average Bonchev–Trinajstić information content (AvgIpc) is 3.37. The van der Waals surface area contributed by atoms with E-state index in [0.717, 1.165) is 10.5 Å². The van der Waals surface area contributed by atoms with Gasteiger partial charge in [-0.1, -0.05) is 49.3 Å². The van der Waals surface area contributed by atoms with Crippen molar-refractivity contribution >= 4 is 29.3 Å². The summed E-state index contributed by atoms with van der Waals surface area (Å²) in [6, 6.07) is 11.0. The molecule has 10 heteroatoms. The highest BCUT2D eigenvalue weighted by molar-refractivity contribution is 7.99. The van der Waals surface area contributed by atoms with Gasteiger partial charge in [-0.3, -0.25) is 0 Å². The van der Waals surface area contributed by atoms with Crippen LogP contribution in [0.5, 0.6) is 11.5 Å². The Morgan fingerprint density at radius 3 is 2.47 bits per heavy atom. The van der Waals surface area contributed by atoms with Crippen LogP contribution >= 0.6 is 23.4 Å². The summed E-state index contributed by atoms with van der Waals surface area (Å²) >= 11 is 7.74. The molecule has 180 valence electrons. The smallest absolute Gasteiger partial charge is 0.355 e. The van der Waals surface area contributed by atoms with E-state index in [2.05, 4.69) is 4.98 Å². The minimum Gasteiger partial charge on any atom is -0.476 e. The van der Waals surface area contributed by atoms with E-state index in [0.29, 0.717) is 39.4 Å². The molecule has 0 spiro atoms. The maximum absolute atomic E-state index is 12.3. The molecule has 1 aliphatic heterocycles. The van der Waals surface area contributed by atoms with Crippen LogP contribution in [0, 0.1) is 0 Å². The molecule has 4 rings (SSSR count). The second-order valence-electron chi connectivity index (χ2n) is 8.23. The average molecular weight is 505 g/mol. The fourth-order valence-electron chi connectivity index (χ4n) is 3.71. The summed E-state index contributed by atoms with van der Waals surface area (Å²) in [7, 11) is 0. The van der Waals surface area contributed by atoms with E-state index in [1.807, 2.05) is 38.1 Å². The molecule has 0 radical (unpaired) electrons. The van der Waals surface area contributed by atoms with Crippen molar-refractivity contribution < 1.29 is 29.6 Å². The van der Waals surface area contributed by atoms with Crippen molar-refractivity contribution in [2.45, 2.75) is 55.4 Å². The monoisotopic (exact) mass is 504 g/mol. The number of carboxylic acid groups (broad SMARTS) is 1. The van der Waals surface area contributed by atoms with Crippen LogP contribution in [0.2, 0.25) is 5.02 Å². The van der Waals surface area contributed by atoms with Gasteiger partial charge in [-0.15, -0.1) is 0 Å². The SMILES string of the molecule is CC(C)c1nc(Sc2ccc(CCC(O)O)cc2)c(C(=O)O)n1Cc1cc2c(cc1Cl)OCO2. The second kappa shape index (κ2) is 10.3. The van der Waals surface area contributed by atoms with Crippen molar-refractivity contribution in [3.05, 3.63) is 64.1 Å². The first-order valence-corrected chi connectivity index (χ1v) is 12.0. The van der Waals surface area contributed by atoms with Crippen LogP contribution in [0.15, 0.2) is 46.3 Å². The van der Waals surface area contributed by atoms with Gasteiger partial charge in [0.15, 0.2) is 23.5 Å². The van der Waals surface area contributed by atoms with Gasteiger partial charge in [0.25, 0.3) is 0 Å². The molecule has 0 atom stereocenters. The van der Waals surface area contributed by atoms with Crippen molar-refractivity contribution in [2.24, 2.45) is 0 Å². The third kappa shape index (κ3) is 5.33. The van der Waals surface area contributed by atoms with E-state index < -0.39 is 12.3 Å². The Bertz CT molecular complexity index is 1190. The number of aromatic nitrogens is 2. The molecule has 1 aliphatic rings. The first-order chi connectivity index (χ1) is 16.2. The van der Waals surface area contributed by atoms with Crippen molar-refractivity contribution in [1.29, 1.82) is 0 Å². The molecule has 0 saturated heterocycles. The predicted molar refractivity (Wildman–Crippen MR) is 127 cm³/mol. The lowest BCUT2D eigenvalue weighted by molar-refractivity contribution is -0.0447. The number of carbonyl (C=O) groups is 1. The predicted octanol–water partition coefficient (Wildman–Crippen LogP) is 4.53. The molecular formula is C24H25ClN2O6S. The van der Waals surface area contributed by atoms with Gasteiger partial charge in [0, 0.05) is 28.3 Å². The van der Waals surface area contributed by atoms with E-state index in [1.54, 1.807) is 16.7 Å². The van der Waals surface area contributed by atoms with Crippen molar-refractivity contribution in [1.82, 2.24) is 9.55 Å². The Morgan fingerprint density at radius 1 is 1.18 bits per heavy atom. The van der Waals surface area contributed by atoms with Crippen LogP contribution in [-0.4, -0.2) is 43.9 Å². The van der Waals surface area contributed by atoms with Gasteiger partial charge in [0.05, 0.1) is 6.54 Å². The lowest BCUT2D eigenvalue weighted by Gasteiger charge is -2.14. The van der Waals surface area contributed by atoms with Crippen LogP contribution in [0.1, 0.15) is 53.6 Å². The number of hydrogen-bond donors (Lipinski definition) is 3. The number of carboxylic acids is 1. The second-order valence-corrected chi connectivity index (χ2v) is 9.70. The summed E-state index contributed by atoms with van der Waals surface area (Å²) in [5, 5.41) is 29.0. The quantitative estimate of drug-likeness (QED) is 0.364. The number of aliphatic hydroxyl groups is 2. The summed E-state index contributed by atoms with van der Waals surface area (Å²) < 4.78 is 12.5. The van der Waals surface area contributed by atoms with Gasteiger partial charge in [-0.2, -0.15) is 0 Å². The minimum atomic E-state index is -1.34. The fourth-order valence-corrected chi connectivity index (χ4v) is 4.85. The Morgan fingerprint density at radius 2 is 1.85 bits per heavy atom. The molecule has 1 aromatic heterocycles. The first kappa shape index (κ1) is 24.4. The normalized spacial score (nSPS) is 12.7. The highest BCUT2D eigenvalue weighted by Gasteiger charge is 2.26. The van der Waals surface area contributed by atoms with Gasteiger partial charge in [-0.25, -0.2) is 9.78 Å². The molecule has 2 aromatic carbocycles. The molecular weight excluding hydrogens is 480 g/mol. The lowest BCUT2D eigenvalue weighted by atomic mass is 10.1. The molecule has 0 unspecified atom stereocenters. The third-order valence-corrected chi connectivity index (χ3v) is 6.72. The number of nitrogens with zero attached hydrogens (tertiary/aromatic N) is 2. The molecule has 0 aliphatic carbocycles. The number of aliphatic hydroxyl groups excluding tert-OH is 1. The Hall–Kier alpha value is -2.72. The zero-order valence-electron chi connectivity index (χ0n) is 18.7. The fraction of sp³-hybridized carbons (Fsp3) is 0.333. The van der Waals surface area contributed by atoms with Crippen LogP contribution in [0.25, 0.3) is 0 Å². The third-order valence-electron chi connectivity index (χ3n) is 5.38. The molecule has 0 saturated carbocycles. The van der Waals surface area contributed by atoms with Crippen molar-refractivity contribution in [3.63, 3.8) is 0 Å². The number of benzene rings is 2. The van der Waals surface area contributed by atoms with E-state index in [9.17, 15) is 9.90 Å². The summed E-state index contributed by atoms with van der Waals surface area (Å²) in [5.74, 6) is 0.683. The molecule has 3 aromatic rings. The Labute approximate surface area is 206 Å². The van der Waals surface area contributed by atoms with Gasteiger partial charge >= 0.3 is 5.97 Å². The molecule has 8 nitrogen and oxygen atoms in total. The van der Waals surface area contributed by atoms with Crippen LogP contribution in [0.4, 0.5) is 0 Å². The number of imidazole rings is 1. The van der Waals surface area contributed by atoms with Crippen LogP contribution in [0.3, 0.4) is 0 Å². The highest BCUT2D eigenvalue weighted by atomic mass is 35.5. The largest absolute Gasteiger partial charge is 0.476 e. The summed E-state index contributed by atoms with van der Waals surface area (Å²) in [6.45, 7) is 4.27. The van der Waals surface area contributed by atoms with Crippen molar-refractivity contribution in [2.75, 3.05) is 6.79 Å².